The number of rotatable bonds is 8. The molecule has 1 rings (SSSR count). The molecule has 19 heavy (non-hydrogen) atoms. The van der Waals surface area contributed by atoms with Crippen LogP contribution in [0.4, 0.5) is 4.39 Å². The van der Waals surface area contributed by atoms with Crippen molar-refractivity contribution in [2.45, 2.75) is 25.8 Å². The van der Waals surface area contributed by atoms with Crippen molar-refractivity contribution >= 4 is 0 Å². The maximum absolute atomic E-state index is 13.6. The Kier molecular flexibility index (Phi) is 6.77. The molecule has 1 aromatic carbocycles. The fourth-order valence-corrected chi connectivity index (χ4v) is 2.17. The van der Waals surface area contributed by atoms with E-state index in [9.17, 15) is 4.39 Å². The molecular formula is C14H23FN2O2. The third kappa shape index (κ3) is 5.14. The summed E-state index contributed by atoms with van der Waals surface area (Å²) in [4.78, 5) is 0. The van der Waals surface area contributed by atoms with Gasteiger partial charge in [0, 0.05) is 19.8 Å². The Bertz CT molecular complexity index is 388. The van der Waals surface area contributed by atoms with Gasteiger partial charge in [0.15, 0.2) is 11.6 Å². The summed E-state index contributed by atoms with van der Waals surface area (Å²) in [5.41, 5.74) is 3.67. The first kappa shape index (κ1) is 15.9. The van der Waals surface area contributed by atoms with Crippen LogP contribution in [0, 0.1) is 11.7 Å². The van der Waals surface area contributed by atoms with Gasteiger partial charge in [-0.15, -0.1) is 0 Å². The van der Waals surface area contributed by atoms with Crippen LogP contribution in [0.25, 0.3) is 0 Å². The van der Waals surface area contributed by atoms with Gasteiger partial charge in [0.05, 0.1) is 7.11 Å². The molecule has 0 amide bonds. The number of methoxy groups -OCH3 is 2. The monoisotopic (exact) mass is 270 g/mol. The van der Waals surface area contributed by atoms with E-state index in [0.29, 0.717) is 18.9 Å². The topological polar surface area (TPSA) is 56.5 Å². The molecule has 0 fully saturated rings. The van der Waals surface area contributed by atoms with E-state index < -0.39 is 0 Å². The van der Waals surface area contributed by atoms with Gasteiger partial charge in [0.2, 0.25) is 0 Å². The average Bonchev–Trinajstić information content (AvgIpc) is 2.38. The SMILES string of the molecule is COCC(C)CC(Cc1ccc(OC)c(F)c1)NN. The second-order valence-corrected chi connectivity index (χ2v) is 4.83. The molecule has 108 valence electrons. The number of nitrogens with one attached hydrogen (secondary N) is 1. The van der Waals surface area contributed by atoms with Crippen LogP contribution in [0.15, 0.2) is 18.2 Å². The predicted molar refractivity (Wildman–Crippen MR) is 73.4 cm³/mol. The molecule has 2 unspecified atom stereocenters. The molecule has 0 aliphatic heterocycles. The van der Waals surface area contributed by atoms with Crippen molar-refractivity contribution in [1.29, 1.82) is 0 Å². The second kappa shape index (κ2) is 8.09. The highest BCUT2D eigenvalue weighted by molar-refractivity contribution is 5.29. The van der Waals surface area contributed by atoms with Crippen LogP contribution in [0.3, 0.4) is 0 Å². The lowest BCUT2D eigenvalue weighted by molar-refractivity contribution is 0.149. The zero-order valence-corrected chi connectivity index (χ0v) is 11.8. The van der Waals surface area contributed by atoms with Crippen molar-refractivity contribution < 1.29 is 13.9 Å². The Hall–Kier alpha value is -1.17. The summed E-state index contributed by atoms with van der Waals surface area (Å²) in [7, 11) is 3.13. The summed E-state index contributed by atoms with van der Waals surface area (Å²) in [6, 6.07) is 5.08. The minimum atomic E-state index is -0.347. The van der Waals surface area contributed by atoms with Crippen molar-refractivity contribution in [2.24, 2.45) is 11.8 Å². The quantitative estimate of drug-likeness (QED) is 0.559. The van der Waals surface area contributed by atoms with Crippen molar-refractivity contribution in [3.8, 4) is 5.75 Å². The first-order valence-electron chi connectivity index (χ1n) is 6.38. The number of nitrogens with two attached hydrogens (primary N) is 1. The number of hydrazine groups is 1. The van der Waals surface area contributed by atoms with Gasteiger partial charge < -0.3 is 9.47 Å². The maximum atomic E-state index is 13.6. The van der Waals surface area contributed by atoms with Gasteiger partial charge in [0.25, 0.3) is 0 Å². The lowest BCUT2D eigenvalue weighted by atomic mass is 9.97. The van der Waals surface area contributed by atoms with Gasteiger partial charge in [-0.25, -0.2) is 4.39 Å². The van der Waals surface area contributed by atoms with Gasteiger partial charge in [-0.05, 0) is 36.5 Å². The number of ether oxygens (including phenoxy) is 2. The molecule has 3 N–H and O–H groups in total. The Morgan fingerprint density at radius 2 is 2.11 bits per heavy atom. The summed E-state index contributed by atoms with van der Waals surface area (Å²) < 4.78 is 23.6. The smallest absolute Gasteiger partial charge is 0.165 e. The van der Waals surface area contributed by atoms with E-state index in [1.807, 2.05) is 6.07 Å². The van der Waals surface area contributed by atoms with Crippen molar-refractivity contribution in [1.82, 2.24) is 5.43 Å². The molecule has 0 aliphatic carbocycles. The van der Waals surface area contributed by atoms with E-state index in [0.717, 1.165) is 12.0 Å². The fraction of sp³-hybridized carbons (Fsp3) is 0.571. The largest absolute Gasteiger partial charge is 0.494 e. The van der Waals surface area contributed by atoms with E-state index in [2.05, 4.69) is 12.3 Å². The average molecular weight is 270 g/mol. The van der Waals surface area contributed by atoms with E-state index >= 15 is 0 Å². The number of hydrogen-bond donors (Lipinski definition) is 2. The molecule has 5 heteroatoms. The molecule has 1 aromatic rings. The van der Waals surface area contributed by atoms with Crippen molar-refractivity contribution in [3.63, 3.8) is 0 Å². The predicted octanol–water partition coefficient (Wildman–Crippen LogP) is 1.88. The lowest BCUT2D eigenvalue weighted by Gasteiger charge is -2.20. The summed E-state index contributed by atoms with van der Waals surface area (Å²) in [6.45, 7) is 2.79. The number of halogens is 1. The van der Waals surface area contributed by atoms with Gasteiger partial charge in [-0.2, -0.15) is 0 Å². The van der Waals surface area contributed by atoms with Gasteiger partial charge >= 0.3 is 0 Å². The molecule has 2 atom stereocenters. The summed E-state index contributed by atoms with van der Waals surface area (Å²) in [6.07, 6.45) is 1.55. The van der Waals surface area contributed by atoms with Crippen LogP contribution in [0.1, 0.15) is 18.9 Å². The molecule has 4 nitrogen and oxygen atoms in total. The molecule has 0 aromatic heterocycles. The zero-order valence-electron chi connectivity index (χ0n) is 11.8. The maximum Gasteiger partial charge on any atom is 0.165 e. The third-order valence-corrected chi connectivity index (χ3v) is 3.07. The van der Waals surface area contributed by atoms with Crippen molar-refractivity contribution in [3.05, 3.63) is 29.6 Å². The first-order valence-corrected chi connectivity index (χ1v) is 6.38. The molecule has 0 radical (unpaired) electrons. The summed E-state index contributed by atoms with van der Waals surface area (Å²) in [5, 5.41) is 0. The lowest BCUT2D eigenvalue weighted by Crippen LogP contribution is -2.38. The van der Waals surface area contributed by atoms with Gasteiger partial charge in [0.1, 0.15) is 0 Å². The Morgan fingerprint density at radius 3 is 2.63 bits per heavy atom. The molecule has 0 spiro atoms. The summed E-state index contributed by atoms with van der Waals surface area (Å²) in [5.74, 6) is 5.86. The molecule has 0 aliphatic rings. The third-order valence-electron chi connectivity index (χ3n) is 3.07. The van der Waals surface area contributed by atoms with E-state index in [1.54, 1.807) is 13.2 Å². The molecule has 0 bridgehead atoms. The van der Waals surface area contributed by atoms with Crippen LogP contribution in [0.2, 0.25) is 0 Å². The molecule has 0 saturated carbocycles. The van der Waals surface area contributed by atoms with Gasteiger partial charge in [-0.3, -0.25) is 11.3 Å². The van der Waals surface area contributed by atoms with E-state index in [-0.39, 0.29) is 17.6 Å². The highest BCUT2D eigenvalue weighted by atomic mass is 19.1. The van der Waals surface area contributed by atoms with E-state index in [4.69, 9.17) is 15.3 Å². The first-order chi connectivity index (χ1) is 9.10. The van der Waals surface area contributed by atoms with Crippen LogP contribution in [-0.4, -0.2) is 26.9 Å². The minimum Gasteiger partial charge on any atom is -0.494 e. The Balaban J connectivity index is 2.62. The van der Waals surface area contributed by atoms with Crippen LogP contribution in [-0.2, 0) is 11.2 Å². The zero-order chi connectivity index (χ0) is 14.3. The van der Waals surface area contributed by atoms with E-state index in [1.165, 1.54) is 13.2 Å². The van der Waals surface area contributed by atoms with Gasteiger partial charge in [-0.1, -0.05) is 13.0 Å². The normalized spacial score (nSPS) is 14.2. The summed E-state index contributed by atoms with van der Waals surface area (Å²) >= 11 is 0. The Morgan fingerprint density at radius 1 is 1.37 bits per heavy atom. The molecule has 0 saturated heterocycles. The second-order valence-electron chi connectivity index (χ2n) is 4.83. The fourth-order valence-electron chi connectivity index (χ4n) is 2.17. The van der Waals surface area contributed by atoms with Crippen LogP contribution in [0.5, 0.6) is 5.75 Å². The highest BCUT2D eigenvalue weighted by Gasteiger charge is 2.14. The van der Waals surface area contributed by atoms with Crippen molar-refractivity contribution in [2.75, 3.05) is 20.8 Å². The number of benzene rings is 1. The molecule has 0 heterocycles. The van der Waals surface area contributed by atoms with Crippen LogP contribution >= 0.6 is 0 Å². The highest BCUT2D eigenvalue weighted by Crippen LogP contribution is 2.19. The van der Waals surface area contributed by atoms with Crippen LogP contribution < -0.4 is 16.0 Å². The standard InChI is InChI=1S/C14H23FN2O2/c1-10(9-18-2)6-12(17-16)7-11-4-5-14(19-3)13(15)8-11/h4-5,8,10,12,17H,6-7,9,16H2,1-3H3. The molecular weight excluding hydrogens is 247 g/mol. The number of hydrogen-bond acceptors (Lipinski definition) is 4. The Labute approximate surface area is 114 Å². The minimum absolute atomic E-state index is 0.0953.